The second-order valence-electron chi connectivity index (χ2n) is 7.82. The van der Waals surface area contributed by atoms with Crippen LogP contribution in [0.1, 0.15) is 60.3 Å². The summed E-state index contributed by atoms with van der Waals surface area (Å²) in [5.41, 5.74) is -0.419. The molecule has 4 heteroatoms. The van der Waals surface area contributed by atoms with Gasteiger partial charge < -0.3 is 10.0 Å². The minimum Gasteiger partial charge on any atom is -0.481 e. The second kappa shape index (κ2) is 6.15. The molecule has 1 amide bonds. The van der Waals surface area contributed by atoms with Crippen LogP contribution in [0.4, 0.5) is 0 Å². The maximum absolute atomic E-state index is 12.3. The smallest absolute Gasteiger partial charge is 0.309 e. The average molecular weight is 283 g/mol. The number of carboxylic acids is 1. The summed E-state index contributed by atoms with van der Waals surface area (Å²) < 4.78 is 0. The van der Waals surface area contributed by atoms with Gasteiger partial charge in [-0.3, -0.25) is 9.59 Å². The van der Waals surface area contributed by atoms with Crippen molar-refractivity contribution in [3.05, 3.63) is 0 Å². The van der Waals surface area contributed by atoms with Crippen molar-refractivity contribution in [1.29, 1.82) is 0 Å². The lowest BCUT2D eigenvalue weighted by Gasteiger charge is -2.37. The van der Waals surface area contributed by atoms with Gasteiger partial charge >= 0.3 is 5.97 Å². The van der Waals surface area contributed by atoms with Crippen LogP contribution < -0.4 is 0 Å². The molecule has 20 heavy (non-hydrogen) atoms. The molecule has 0 saturated carbocycles. The first-order chi connectivity index (χ1) is 9.03. The van der Waals surface area contributed by atoms with Crippen molar-refractivity contribution in [2.45, 2.75) is 60.3 Å². The predicted molar refractivity (Wildman–Crippen MR) is 79.4 cm³/mol. The van der Waals surface area contributed by atoms with Crippen molar-refractivity contribution >= 4 is 11.9 Å². The molecule has 0 bridgehead atoms. The monoisotopic (exact) mass is 283 g/mol. The topological polar surface area (TPSA) is 57.6 Å². The molecule has 4 nitrogen and oxygen atoms in total. The Balaban J connectivity index is 2.45. The van der Waals surface area contributed by atoms with E-state index in [-0.39, 0.29) is 11.3 Å². The number of carbonyl (C=O) groups excluding carboxylic acids is 1. The Morgan fingerprint density at radius 1 is 1.25 bits per heavy atom. The highest BCUT2D eigenvalue weighted by Crippen LogP contribution is 2.32. The van der Waals surface area contributed by atoms with Gasteiger partial charge in [-0.05, 0) is 37.5 Å². The molecule has 1 heterocycles. The van der Waals surface area contributed by atoms with Crippen LogP contribution in [0.2, 0.25) is 0 Å². The first-order valence-electron chi connectivity index (χ1n) is 7.55. The molecular weight excluding hydrogens is 254 g/mol. The standard InChI is InChI=1S/C16H29NO3/c1-12(11-15(2,3)4)10-13(18)17-8-6-16(5,7-9-17)14(19)20/h12H,6-11H2,1-5H3,(H,19,20). The van der Waals surface area contributed by atoms with Crippen LogP contribution >= 0.6 is 0 Å². The SMILES string of the molecule is CC(CC(=O)N1CCC(C)(C(=O)O)CC1)CC(C)(C)C. The number of likely N-dealkylation sites (tertiary alicyclic amines) is 1. The summed E-state index contributed by atoms with van der Waals surface area (Å²) in [5.74, 6) is -0.199. The van der Waals surface area contributed by atoms with Crippen molar-refractivity contribution in [1.82, 2.24) is 4.90 Å². The number of carboxylic acid groups (broad SMARTS) is 1. The lowest BCUT2D eigenvalue weighted by Crippen LogP contribution is -2.45. The van der Waals surface area contributed by atoms with E-state index in [4.69, 9.17) is 0 Å². The number of hydrogen-bond donors (Lipinski definition) is 1. The van der Waals surface area contributed by atoms with Crippen LogP contribution in [0.5, 0.6) is 0 Å². The Hall–Kier alpha value is -1.06. The van der Waals surface area contributed by atoms with Gasteiger partial charge in [0.05, 0.1) is 5.41 Å². The lowest BCUT2D eigenvalue weighted by molar-refractivity contribution is -0.153. The number of carbonyl (C=O) groups is 2. The molecule has 0 aromatic carbocycles. The highest BCUT2D eigenvalue weighted by molar-refractivity contribution is 5.78. The van der Waals surface area contributed by atoms with Gasteiger partial charge in [-0.25, -0.2) is 0 Å². The summed E-state index contributed by atoms with van der Waals surface area (Å²) in [5, 5.41) is 9.19. The summed E-state index contributed by atoms with van der Waals surface area (Å²) in [6.07, 6.45) is 2.71. The molecule has 0 aromatic heterocycles. The fraction of sp³-hybridized carbons (Fsp3) is 0.875. The molecule has 1 rings (SSSR count). The number of rotatable bonds is 4. The van der Waals surface area contributed by atoms with E-state index < -0.39 is 11.4 Å². The minimum absolute atomic E-state index is 0.175. The Morgan fingerprint density at radius 2 is 1.75 bits per heavy atom. The summed E-state index contributed by atoms with van der Waals surface area (Å²) >= 11 is 0. The molecule has 116 valence electrons. The quantitative estimate of drug-likeness (QED) is 0.862. The van der Waals surface area contributed by atoms with Crippen molar-refractivity contribution in [3.8, 4) is 0 Å². The van der Waals surface area contributed by atoms with E-state index in [1.54, 1.807) is 6.92 Å². The van der Waals surface area contributed by atoms with Gasteiger partial charge in [0.25, 0.3) is 0 Å². The molecule has 1 N–H and O–H groups in total. The van der Waals surface area contributed by atoms with Gasteiger partial charge in [-0.15, -0.1) is 0 Å². The molecule has 1 unspecified atom stereocenters. The van der Waals surface area contributed by atoms with Crippen LogP contribution in [-0.4, -0.2) is 35.0 Å². The summed E-state index contributed by atoms with van der Waals surface area (Å²) in [7, 11) is 0. The van der Waals surface area contributed by atoms with Crippen LogP contribution in [-0.2, 0) is 9.59 Å². The number of nitrogens with zero attached hydrogens (tertiary/aromatic N) is 1. The molecule has 1 saturated heterocycles. The number of amides is 1. The largest absolute Gasteiger partial charge is 0.481 e. The third kappa shape index (κ3) is 4.80. The maximum Gasteiger partial charge on any atom is 0.309 e. The van der Waals surface area contributed by atoms with Gasteiger partial charge in [0.2, 0.25) is 5.91 Å². The van der Waals surface area contributed by atoms with Crippen LogP contribution in [0.25, 0.3) is 0 Å². The fourth-order valence-electron chi connectivity index (χ4n) is 3.01. The number of hydrogen-bond acceptors (Lipinski definition) is 2. The van der Waals surface area contributed by atoms with E-state index >= 15 is 0 Å². The van der Waals surface area contributed by atoms with Gasteiger partial charge in [-0.2, -0.15) is 0 Å². The van der Waals surface area contributed by atoms with E-state index in [0.717, 1.165) is 6.42 Å². The summed E-state index contributed by atoms with van der Waals surface area (Å²) in [4.78, 5) is 25.3. The Bertz CT molecular complexity index is 362. The fourth-order valence-corrected chi connectivity index (χ4v) is 3.01. The molecule has 0 aromatic rings. The number of aliphatic carboxylic acids is 1. The van der Waals surface area contributed by atoms with Crippen LogP contribution in [0.3, 0.4) is 0 Å². The van der Waals surface area contributed by atoms with E-state index in [1.165, 1.54) is 0 Å². The molecule has 1 aliphatic heterocycles. The molecule has 1 aliphatic rings. The average Bonchev–Trinajstić information content (AvgIpc) is 2.26. The maximum atomic E-state index is 12.3. The first kappa shape index (κ1) is 17.0. The normalized spacial score (nSPS) is 20.6. The lowest BCUT2D eigenvalue weighted by atomic mass is 9.80. The van der Waals surface area contributed by atoms with Crippen molar-refractivity contribution in [3.63, 3.8) is 0 Å². The first-order valence-corrected chi connectivity index (χ1v) is 7.55. The van der Waals surface area contributed by atoms with Crippen molar-refractivity contribution in [2.75, 3.05) is 13.1 Å². The van der Waals surface area contributed by atoms with Gasteiger partial charge in [0.15, 0.2) is 0 Å². The third-order valence-electron chi connectivity index (χ3n) is 4.22. The number of piperidine rings is 1. The molecule has 1 atom stereocenters. The second-order valence-corrected chi connectivity index (χ2v) is 7.82. The van der Waals surface area contributed by atoms with Crippen molar-refractivity contribution in [2.24, 2.45) is 16.7 Å². The molecule has 0 spiro atoms. The molecular formula is C16H29NO3. The predicted octanol–water partition coefficient (Wildman–Crippen LogP) is 3.16. The third-order valence-corrected chi connectivity index (χ3v) is 4.22. The molecule has 0 aliphatic carbocycles. The van der Waals surface area contributed by atoms with Crippen molar-refractivity contribution < 1.29 is 14.7 Å². The zero-order valence-electron chi connectivity index (χ0n) is 13.5. The minimum atomic E-state index is -0.745. The summed E-state index contributed by atoms with van der Waals surface area (Å²) in [6.45, 7) is 11.6. The summed E-state index contributed by atoms with van der Waals surface area (Å²) in [6, 6.07) is 0. The highest BCUT2D eigenvalue weighted by Gasteiger charge is 2.38. The van der Waals surface area contributed by atoms with E-state index in [2.05, 4.69) is 27.7 Å². The molecule has 0 radical (unpaired) electrons. The zero-order chi connectivity index (χ0) is 15.6. The Labute approximate surface area is 122 Å². The van der Waals surface area contributed by atoms with Gasteiger partial charge in [-0.1, -0.05) is 27.7 Å². The van der Waals surface area contributed by atoms with Gasteiger partial charge in [0, 0.05) is 19.5 Å². The van der Waals surface area contributed by atoms with Crippen LogP contribution in [0.15, 0.2) is 0 Å². The Morgan fingerprint density at radius 3 is 2.15 bits per heavy atom. The Kier molecular flexibility index (Phi) is 5.22. The van der Waals surface area contributed by atoms with Gasteiger partial charge in [0.1, 0.15) is 0 Å². The molecule has 1 fully saturated rings. The van der Waals surface area contributed by atoms with E-state index in [1.807, 2.05) is 4.90 Å². The highest BCUT2D eigenvalue weighted by atomic mass is 16.4. The van der Waals surface area contributed by atoms with E-state index in [9.17, 15) is 14.7 Å². The zero-order valence-corrected chi connectivity index (χ0v) is 13.5. The van der Waals surface area contributed by atoms with E-state index in [0.29, 0.717) is 38.3 Å². The van der Waals surface area contributed by atoms with Crippen LogP contribution in [0, 0.1) is 16.7 Å².